The fraction of sp³-hybridized carbons (Fsp3) is 0.667. The number of carbonyl (C=O) groups is 1. The molecule has 1 aliphatic carbocycles. The summed E-state index contributed by atoms with van der Waals surface area (Å²) >= 11 is 0. The monoisotopic (exact) mass is 248 g/mol. The summed E-state index contributed by atoms with van der Waals surface area (Å²) in [5, 5.41) is 0. The normalized spacial score (nSPS) is 48.3. The van der Waals surface area contributed by atoms with Crippen LogP contribution in [-0.4, -0.2) is 23.8 Å². The Kier molecular flexibility index (Phi) is 2.12. The van der Waals surface area contributed by atoms with E-state index in [1.54, 1.807) is 6.08 Å². The van der Waals surface area contributed by atoms with Gasteiger partial charge in [-0.05, 0) is 32.4 Å². The van der Waals surface area contributed by atoms with Crippen LogP contribution in [0.5, 0.6) is 0 Å². The van der Waals surface area contributed by atoms with Crippen LogP contribution in [0, 0.1) is 10.8 Å². The van der Waals surface area contributed by atoms with Gasteiger partial charge in [0.15, 0.2) is 12.1 Å². The van der Waals surface area contributed by atoms with Crippen molar-refractivity contribution in [1.29, 1.82) is 0 Å². The summed E-state index contributed by atoms with van der Waals surface area (Å²) in [5.74, 6) is 0.166. The molecular formula is C15H20O3. The predicted molar refractivity (Wildman–Crippen MR) is 67.9 cm³/mol. The summed E-state index contributed by atoms with van der Waals surface area (Å²) in [7, 11) is 0. The minimum atomic E-state index is -0.455. The lowest BCUT2D eigenvalue weighted by Gasteiger charge is -2.64. The van der Waals surface area contributed by atoms with Crippen molar-refractivity contribution < 1.29 is 14.3 Å². The van der Waals surface area contributed by atoms with Crippen molar-refractivity contribution in [2.24, 2.45) is 10.8 Å². The summed E-state index contributed by atoms with van der Waals surface area (Å²) in [6, 6.07) is 0. The molecule has 3 nitrogen and oxygen atoms in total. The molecule has 0 radical (unpaired) electrons. The molecule has 0 N–H and O–H groups in total. The highest BCUT2D eigenvalue weighted by Crippen LogP contribution is 2.69. The van der Waals surface area contributed by atoms with Crippen LogP contribution in [0.15, 0.2) is 24.3 Å². The Balaban J connectivity index is 2.10. The maximum Gasteiger partial charge on any atom is 0.169 e. The van der Waals surface area contributed by atoms with Gasteiger partial charge in [-0.25, -0.2) is 0 Å². The molecule has 3 heteroatoms. The second-order valence-electron chi connectivity index (χ2n) is 6.53. The Morgan fingerprint density at radius 2 is 2.11 bits per heavy atom. The number of carbonyl (C=O) groups excluding carboxylic acids is 1. The minimum Gasteiger partial charge on any atom is -0.344 e. The van der Waals surface area contributed by atoms with Gasteiger partial charge in [0.05, 0.1) is 17.1 Å². The van der Waals surface area contributed by atoms with Crippen LogP contribution in [0.3, 0.4) is 0 Å². The fourth-order valence-corrected chi connectivity index (χ4v) is 3.85. The average molecular weight is 248 g/mol. The van der Waals surface area contributed by atoms with E-state index in [1.165, 1.54) is 0 Å². The van der Waals surface area contributed by atoms with Gasteiger partial charge in [0, 0.05) is 5.41 Å². The maximum absolute atomic E-state index is 12.2. The van der Waals surface area contributed by atoms with Crippen molar-refractivity contribution >= 4 is 5.78 Å². The van der Waals surface area contributed by atoms with E-state index in [1.807, 2.05) is 26.8 Å². The topological polar surface area (TPSA) is 35.5 Å². The van der Waals surface area contributed by atoms with Crippen molar-refractivity contribution in [3.05, 3.63) is 24.3 Å². The molecule has 2 heterocycles. The van der Waals surface area contributed by atoms with Gasteiger partial charge in [0.25, 0.3) is 0 Å². The zero-order valence-corrected chi connectivity index (χ0v) is 11.4. The van der Waals surface area contributed by atoms with Crippen LogP contribution in [0.4, 0.5) is 0 Å². The molecule has 2 aliphatic heterocycles. The van der Waals surface area contributed by atoms with E-state index in [9.17, 15) is 4.79 Å². The molecule has 3 rings (SSSR count). The molecule has 4 atom stereocenters. The molecule has 0 aromatic carbocycles. The lowest BCUT2D eigenvalue weighted by Crippen LogP contribution is -2.73. The summed E-state index contributed by atoms with van der Waals surface area (Å²) in [6.45, 7) is 12.0. The SMILES string of the molecule is C=C(C)C1CC23C(O1)OC2(C)C=CC(=O)C3(C)C. The molecule has 3 aliphatic rings. The van der Waals surface area contributed by atoms with Gasteiger partial charge in [-0.15, -0.1) is 0 Å². The third-order valence-electron chi connectivity index (χ3n) is 5.27. The van der Waals surface area contributed by atoms with E-state index < -0.39 is 5.41 Å². The highest BCUT2D eigenvalue weighted by Gasteiger charge is 2.77. The summed E-state index contributed by atoms with van der Waals surface area (Å²) in [6.07, 6.45) is 4.09. The predicted octanol–water partition coefficient (Wildman–Crippen LogP) is 2.62. The van der Waals surface area contributed by atoms with E-state index in [4.69, 9.17) is 9.47 Å². The van der Waals surface area contributed by atoms with Gasteiger partial charge in [0.1, 0.15) is 0 Å². The zero-order chi connectivity index (χ0) is 13.3. The third kappa shape index (κ3) is 1.06. The number of hydrogen-bond donors (Lipinski definition) is 0. The Bertz CT molecular complexity index is 476. The van der Waals surface area contributed by atoms with Crippen LogP contribution in [0.25, 0.3) is 0 Å². The lowest BCUT2D eigenvalue weighted by molar-refractivity contribution is -0.372. The first-order chi connectivity index (χ1) is 8.24. The first-order valence-electron chi connectivity index (χ1n) is 6.47. The van der Waals surface area contributed by atoms with Gasteiger partial charge in [-0.1, -0.05) is 26.0 Å². The summed E-state index contributed by atoms with van der Waals surface area (Å²) in [4.78, 5) is 12.2. The van der Waals surface area contributed by atoms with Crippen molar-refractivity contribution in [3.63, 3.8) is 0 Å². The summed E-state index contributed by atoms with van der Waals surface area (Å²) in [5.41, 5.74) is -0.0965. The quantitative estimate of drug-likeness (QED) is 0.669. The van der Waals surface area contributed by atoms with Crippen LogP contribution in [0.2, 0.25) is 0 Å². The second kappa shape index (κ2) is 3.14. The van der Waals surface area contributed by atoms with Gasteiger partial charge in [-0.3, -0.25) is 4.79 Å². The Morgan fingerprint density at radius 1 is 1.44 bits per heavy atom. The van der Waals surface area contributed by atoms with E-state index in [2.05, 4.69) is 13.5 Å². The third-order valence-corrected chi connectivity index (χ3v) is 5.27. The zero-order valence-electron chi connectivity index (χ0n) is 11.4. The molecule has 2 saturated heterocycles. The van der Waals surface area contributed by atoms with Gasteiger partial charge >= 0.3 is 0 Å². The minimum absolute atomic E-state index is 0.00426. The van der Waals surface area contributed by atoms with Crippen molar-refractivity contribution in [3.8, 4) is 0 Å². The van der Waals surface area contributed by atoms with Gasteiger partial charge < -0.3 is 9.47 Å². The molecule has 0 amide bonds. The molecular weight excluding hydrogens is 228 g/mol. The second-order valence-corrected chi connectivity index (χ2v) is 6.53. The smallest absolute Gasteiger partial charge is 0.169 e. The molecule has 2 fully saturated rings. The van der Waals surface area contributed by atoms with Crippen LogP contribution >= 0.6 is 0 Å². The molecule has 18 heavy (non-hydrogen) atoms. The Labute approximate surface area is 108 Å². The van der Waals surface area contributed by atoms with Crippen molar-refractivity contribution in [1.82, 2.24) is 0 Å². The maximum atomic E-state index is 12.2. The number of ether oxygens (including phenoxy) is 2. The van der Waals surface area contributed by atoms with Gasteiger partial charge in [-0.2, -0.15) is 0 Å². The van der Waals surface area contributed by atoms with Crippen molar-refractivity contribution in [2.45, 2.75) is 52.1 Å². The number of allylic oxidation sites excluding steroid dienone is 1. The summed E-state index contributed by atoms with van der Waals surface area (Å²) < 4.78 is 11.8. The Morgan fingerprint density at radius 3 is 2.72 bits per heavy atom. The molecule has 0 bridgehead atoms. The number of rotatable bonds is 1. The van der Waals surface area contributed by atoms with E-state index in [-0.39, 0.29) is 29.2 Å². The first-order valence-corrected chi connectivity index (χ1v) is 6.47. The first kappa shape index (κ1) is 12.1. The van der Waals surface area contributed by atoms with Crippen LogP contribution in [-0.2, 0) is 14.3 Å². The molecule has 4 unspecified atom stereocenters. The van der Waals surface area contributed by atoms with Gasteiger partial charge in [0.2, 0.25) is 0 Å². The molecule has 0 aromatic rings. The molecule has 0 saturated carbocycles. The molecule has 0 aromatic heterocycles. The highest BCUT2D eigenvalue weighted by atomic mass is 16.7. The Hall–Kier alpha value is -0.930. The average Bonchev–Trinajstić information content (AvgIpc) is 2.59. The number of hydrogen-bond acceptors (Lipinski definition) is 3. The molecule has 1 spiro atoms. The van der Waals surface area contributed by atoms with Crippen molar-refractivity contribution in [2.75, 3.05) is 0 Å². The van der Waals surface area contributed by atoms with E-state index in [0.717, 1.165) is 12.0 Å². The fourth-order valence-electron chi connectivity index (χ4n) is 3.85. The van der Waals surface area contributed by atoms with Crippen LogP contribution < -0.4 is 0 Å². The molecule has 98 valence electrons. The number of ketones is 1. The highest BCUT2D eigenvalue weighted by molar-refractivity contribution is 5.97. The van der Waals surface area contributed by atoms with E-state index in [0.29, 0.717) is 0 Å². The largest absolute Gasteiger partial charge is 0.344 e. The lowest BCUT2D eigenvalue weighted by atomic mass is 9.48. The van der Waals surface area contributed by atoms with E-state index >= 15 is 0 Å². The standard InChI is InChI=1S/C15H20O3/c1-9(2)10-8-15-12(17-10)18-14(15,5)7-6-11(16)13(15,3)4/h6-7,10,12H,1,8H2,2-5H3. The van der Waals surface area contributed by atoms with Crippen LogP contribution in [0.1, 0.15) is 34.1 Å².